The van der Waals surface area contributed by atoms with Crippen molar-refractivity contribution >= 4 is 35.8 Å². The molecule has 0 bridgehead atoms. The minimum Gasteiger partial charge on any atom is -0.487 e. The number of aromatic nitrogens is 3. The van der Waals surface area contributed by atoms with E-state index in [4.69, 9.17) is 4.74 Å². The van der Waals surface area contributed by atoms with Gasteiger partial charge in [0, 0.05) is 35.7 Å². The molecule has 138 valence electrons. The third kappa shape index (κ3) is 3.93. The fraction of sp³-hybridized carbons (Fsp3) is 0.0952. The Morgan fingerprint density at radius 3 is 2.71 bits per heavy atom. The fourth-order valence-electron chi connectivity index (χ4n) is 2.95. The average molecular weight is 372 g/mol. The van der Waals surface area contributed by atoms with Crippen molar-refractivity contribution in [2.24, 2.45) is 0 Å². The van der Waals surface area contributed by atoms with Gasteiger partial charge in [-0.1, -0.05) is 12.1 Å². The van der Waals surface area contributed by atoms with E-state index in [1.807, 2.05) is 39.0 Å². The Kier molecular flexibility index (Phi) is 4.89. The highest BCUT2D eigenvalue weighted by atomic mass is 19.1. The predicted molar refractivity (Wildman–Crippen MR) is 111 cm³/mol. The molecule has 0 radical (unpaired) electrons. The van der Waals surface area contributed by atoms with Gasteiger partial charge in [-0.05, 0) is 48.3 Å². The maximum absolute atomic E-state index is 13.4. The zero-order chi connectivity index (χ0) is 19.5. The van der Waals surface area contributed by atoms with Crippen LogP contribution in [0.15, 0.2) is 67.1 Å². The summed E-state index contributed by atoms with van der Waals surface area (Å²) in [4.78, 5) is 12.9. The van der Waals surface area contributed by atoms with Crippen molar-refractivity contribution in [2.45, 2.75) is 13.0 Å². The van der Waals surface area contributed by atoms with Gasteiger partial charge in [0.15, 0.2) is 0 Å². The molecule has 1 atom stereocenters. The van der Waals surface area contributed by atoms with E-state index in [1.54, 1.807) is 30.7 Å². The Morgan fingerprint density at radius 1 is 1.11 bits per heavy atom. The van der Waals surface area contributed by atoms with Crippen LogP contribution in [-0.4, -0.2) is 22.8 Å². The summed E-state index contributed by atoms with van der Waals surface area (Å²) in [5.41, 5.74) is 3.39. The smallest absolute Gasteiger partial charge is 0.227 e. The number of fused-ring (bicyclic) bond motifs is 1. The highest BCUT2D eigenvalue weighted by Crippen LogP contribution is 2.24. The Hall–Kier alpha value is -3.48. The van der Waals surface area contributed by atoms with Crippen LogP contribution in [0.1, 0.15) is 18.6 Å². The standard InChI is InChI=1S/C21H18BFN4O/c1-13(14-5-7-24-8-6-14)28-20-11-19-15(9-18(20)22)12-25-21(27-19)26-17-4-2-3-16(23)10-17/h2-13H,22H2,1H3,(H,25,26,27). The first kappa shape index (κ1) is 17.9. The lowest BCUT2D eigenvalue weighted by atomic mass is 9.93. The van der Waals surface area contributed by atoms with Crippen LogP contribution in [0.4, 0.5) is 16.0 Å². The van der Waals surface area contributed by atoms with Crippen LogP contribution in [0.2, 0.25) is 0 Å². The van der Waals surface area contributed by atoms with Gasteiger partial charge in [0.1, 0.15) is 25.5 Å². The third-order valence-electron chi connectivity index (χ3n) is 4.44. The van der Waals surface area contributed by atoms with Crippen LogP contribution in [0, 0.1) is 5.82 Å². The molecule has 4 rings (SSSR count). The Balaban J connectivity index is 1.62. The van der Waals surface area contributed by atoms with E-state index in [0.717, 1.165) is 27.7 Å². The molecule has 0 aliphatic rings. The number of anilines is 2. The van der Waals surface area contributed by atoms with E-state index in [0.29, 0.717) is 11.6 Å². The molecule has 1 unspecified atom stereocenters. The van der Waals surface area contributed by atoms with Crippen molar-refractivity contribution in [1.82, 2.24) is 15.0 Å². The van der Waals surface area contributed by atoms with Crippen molar-refractivity contribution in [3.05, 3.63) is 78.5 Å². The first-order valence-corrected chi connectivity index (χ1v) is 8.95. The second-order valence-corrected chi connectivity index (χ2v) is 6.55. The lowest BCUT2D eigenvalue weighted by molar-refractivity contribution is 0.229. The molecule has 2 aromatic carbocycles. The number of ether oxygens (including phenoxy) is 1. The number of hydrogen-bond donors (Lipinski definition) is 1. The van der Waals surface area contributed by atoms with Gasteiger partial charge in [-0.25, -0.2) is 14.4 Å². The summed E-state index contributed by atoms with van der Waals surface area (Å²) < 4.78 is 19.5. The zero-order valence-electron chi connectivity index (χ0n) is 15.6. The molecular weight excluding hydrogens is 354 g/mol. The summed E-state index contributed by atoms with van der Waals surface area (Å²) in [6.07, 6.45) is 5.12. The Labute approximate surface area is 163 Å². The minimum absolute atomic E-state index is 0.120. The first-order chi connectivity index (χ1) is 13.6. The number of nitrogens with one attached hydrogen (secondary N) is 1. The molecule has 2 aromatic heterocycles. The van der Waals surface area contributed by atoms with Gasteiger partial charge in [0.2, 0.25) is 5.95 Å². The second-order valence-electron chi connectivity index (χ2n) is 6.55. The average Bonchev–Trinajstić information content (AvgIpc) is 2.69. The number of benzene rings is 2. The van der Waals surface area contributed by atoms with Gasteiger partial charge >= 0.3 is 0 Å². The van der Waals surface area contributed by atoms with Crippen molar-refractivity contribution < 1.29 is 9.13 Å². The molecule has 0 aliphatic carbocycles. The quantitative estimate of drug-likeness (QED) is 0.545. The molecule has 0 fully saturated rings. The van der Waals surface area contributed by atoms with E-state index < -0.39 is 0 Å². The molecule has 7 heteroatoms. The summed E-state index contributed by atoms with van der Waals surface area (Å²) in [5.74, 6) is 0.838. The zero-order valence-corrected chi connectivity index (χ0v) is 15.6. The molecule has 0 amide bonds. The molecular formula is C21H18BFN4O. The highest BCUT2D eigenvalue weighted by molar-refractivity contribution is 6.35. The van der Waals surface area contributed by atoms with E-state index in [2.05, 4.69) is 20.3 Å². The van der Waals surface area contributed by atoms with Crippen LogP contribution in [-0.2, 0) is 0 Å². The van der Waals surface area contributed by atoms with Gasteiger partial charge in [0.25, 0.3) is 0 Å². The number of rotatable bonds is 5. The normalized spacial score (nSPS) is 11.9. The molecule has 0 aliphatic heterocycles. The highest BCUT2D eigenvalue weighted by Gasteiger charge is 2.11. The maximum Gasteiger partial charge on any atom is 0.227 e. The van der Waals surface area contributed by atoms with E-state index in [1.165, 1.54) is 12.1 Å². The monoisotopic (exact) mass is 372 g/mol. The van der Waals surface area contributed by atoms with E-state index in [9.17, 15) is 4.39 Å². The molecule has 0 saturated heterocycles. The van der Waals surface area contributed by atoms with Crippen LogP contribution < -0.4 is 15.5 Å². The summed E-state index contributed by atoms with van der Waals surface area (Å²) in [7, 11) is 1.99. The van der Waals surface area contributed by atoms with Crippen LogP contribution >= 0.6 is 0 Å². The van der Waals surface area contributed by atoms with Gasteiger partial charge in [-0.15, -0.1) is 0 Å². The largest absolute Gasteiger partial charge is 0.487 e. The summed E-state index contributed by atoms with van der Waals surface area (Å²) >= 11 is 0. The predicted octanol–water partition coefficient (Wildman–Crippen LogP) is 3.31. The van der Waals surface area contributed by atoms with Crippen molar-refractivity contribution in [1.29, 1.82) is 0 Å². The Morgan fingerprint density at radius 2 is 1.93 bits per heavy atom. The molecule has 28 heavy (non-hydrogen) atoms. The molecule has 5 nitrogen and oxygen atoms in total. The molecule has 0 saturated carbocycles. The topological polar surface area (TPSA) is 59.9 Å². The minimum atomic E-state index is -0.317. The van der Waals surface area contributed by atoms with Crippen molar-refractivity contribution in [3.63, 3.8) is 0 Å². The number of halogens is 1. The second kappa shape index (κ2) is 7.64. The van der Waals surface area contributed by atoms with Crippen LogP contribution in [0.25, 0.3) is 10.9 Å². The fourth-order valence-corrected chi connectivity index (χ4v) is 2.95. The van der Waals surface area contributed by atoms with Gasteiger partial charge in [-0.3, -0.25) is 4.98 Å². The first-order valence-electron chi connectivity index (χ1n) is 8.95. The molecule has 2 heterocycles. The lowest BCUT2D eigenvalue weighted by Gasteiger charge is -2.17. The third-order valence-corrected chi connectivity index (χ3v) is 4.44. The van der Waals surface area contributed by atoms with E-state index in [-0.39, 0.29) is 11.9 Å². The molecule has 4 aromatic rings. The number of pyridine rings is 1. The van der Waals surface area contributed by atoms with Crippen molar-refractivity contribution in [3.8, 4) is 5.75 Å². The van der Waals surface area contributed by atoms with Crippen molar-refractivity contribution in [2.75, 3.05) is 5.32 Å². The SMILES string of the molecule is Bc1cc2cnc(Nc3cccc(F)c3)nc2cc1OC(C)c1ccncc1. The maximum atomic E-state index is 13.4. The lowest BCUT2D eigenvalue weighted by Crippen LogP contribution is -2.13. The summed E-state index contributed by atoms with van der Waals surface area (Å²) in [6, 6.07) is 14.0. The molecule has 1 N–H and O–H groups in total. The molecule has 0 spiro atoms. The summed E-state index contributed by atoms with van der Waals surface area (Å²) in [5, 5.41) is 3.94. The number of hydrogen-bond acceptors (Lipinski definition) is 5. The van der Waals surface area contributed by atoms with Gasteiger partial charge in [-0.2, -0.15) is 0 Å². The van der Waals surface area contributed by atoms with Gasteiger partial charge < -0.3 is 10.1 Å². The van der Waals surface area contributed by atoms with Crippen LogP contribution in [0.3, 0.4) is 0 Å². The van der Waals surface area contributed by atoms with Gasteiger partial charge in [0.05, 0.1) is 5.52 Å². The Bertz CT molecular complexity index is 1120. The van der Waals surface area contributed by atoms with Crippen LogP contribution in [0.5, 0.6) is 5.75 Å². The number of nitrogens with zero attached hydrogens (tertiary/aromatic N) is 3. The van der Waals surface area contributed by atoms with E-state index >= 15 is 0 Å². The summed E-state index contributed by atoms with van der Waals surface area (Å²) in [6.45, 7) is 2.00.